The van der Waals surface area contributed by atoms with Crippen LogP contribution in [0.1, 0.15) is 33.1 Å². The number of amides is 1. The molecular formula is C10H20N2O. The first-order valence-corrected chi connectivity index (χ1v) is 4.80. The highest BCUT2D eigenvalue weighted by molar-refractivity contribution is 5.75. The van der Waals surface area contributed by atoms with Gasteiger partial charge in [-0.3, -0.25) is 4.79 Å². The monoisotopic (exact) mass is 184 g/mol. The van der Waals surface area contributed by atoms with Crippen molar-refractivity contribution in [1.29, 1.82) is 0 Å². The molecule has 0 rings (SSSR count). The van der Waals surface area contributed by atoms with Gasteiger partial charge in [0.1, 0.15) is 0 Å². The molecule has 0 radical (unpaired) electrons. The molecule has 76 valence electrons. The van der Waals surface area contributed by atoms with E-state index in [2.05, 4.69) is 5.32 Å². The predicted molar refractivity (Wildman–Crippen MR) is 55.3 cm³/mol. The van der Waals surface area contributed by atoms with E-state index < -0.39 is 0 Å². The zero-order valence-corrected chi connectivity index (χ0v) is 8.55. The summed E-state index contributed by atoms with van der Waals surface area (Å²) in [6.07, 6.45) is 6.21. The number of nitrogens with two attached hydrogens (primary N) is 1. The summed E-state index contributed by atoms with van der Waals surface area (Å²) in [5.41, 5.74) is 5.53. The van der Waals surface area contributed by atoms with Gasteiger partial charge in [0.15, 0.2) is 0 Å². The smallest absolute Gasteiger partial charge is 0.220 e. The fourth-order valence-corrected chi connectivity index (χ4v) is 0.909. The second-order valence-electron chi connectivity index (χ2n) is 3.22. The lowest BCUT2D eigenvalue weighted by molar-refractivity contribution is -0.121. The maximum absolute atomic E-state index is 11.1. The number of hydrogen-bond acceptors (Lipinski definition) is 2. The van der Waals surface area contributed by atoms with Crippen LogP contribution in [0.25, 0.3) is 0 Å². The minimum absolute atomic E-state index is 0.0989. The van der Waals surface area contributed by atoms with Gasteiger partial charge in [-0.25, -0.2) is 0 Å². The summed E-state index contributed by atoms with van der Waals surface area (Å²) in [6.45, 7) is 4.60. The molecule has 1 atom stereocenters. The molecule has 0 aliphatic rings. The first kappa shape index (κ1) is 12.2. The molecule has 0 aromatic carbocycles. The average molecular weight is 184 g/mol. The quantitative estimate of drug-likeness (QED) is 0.481. The SMILES string of the molecule is C/C=C/CCNC(=O)CCC(C)N. The van der Waals surface area contributed by atoms with Crippen LogP contribution in [-0.2, 0) is 4.79 Å². The Morgan fingerprint density at radius 3 is 2.85 bits per heavy atom. The lowest BCUT2D eigenvalue weighted by Gasteiger charge is -2.05. The molecule has 13 heavy (non-hydrogen) atoms. The molecule has 0 fully saturated rings. The van der Waals surface area contributed by atoms with Gasteiger partial charge < -0.3 is 11.1 Å². The lowest BCUT2D eigenvalue weighted by Crippen LogP contribution is -2.26. The molecule has 0 aliphatic heterocycles. The second kappa shape index (κ2) is 7.80. The standard InChI is InChI=1S/C10H20N2O/c1-3-4-5-8-12-10(13)7-6-9(2)11/h3-4,9H,5-8,11H2,1-2H3,(H,12,13)/b4-3+. The minimum atomic E-state index is 0.0989. The van der Waals surface area contributed by atoms with Gasteiger partial charge in [0.05, 0.1) is 0 Å². The van der Waals surface area contributed by atoms with Gasteiger partial charge in [-0.15, -0.1) is 0 Å². The van der Waals surface area contributed by atoms with Crippen LogP contribution >= 0.6 is 0 Å². The number of carbonyl (C=O) groups excluding carboxylic acids is 1. The Bertz CT molecular complexity index is 164. The fraction of sp³-hybridized carbons (Fsp3) is 0.700. The maximum Gasteiger partial charge on any atom is 0.220 e. The Kier molecular flexibility index (Phi) is 7.30. The number of carbonyl (C=O) groups is 1. The van der Waals surface area contributed by atoms with Crippen molar-refractivity contribution in [3.8, 4) is 0 Å². The zero-order valence-electron chi connectivity index (χ0n) is 8.55. The number of nitrogens with one attached hydrogen (secondary N) is 1. The topological polar surface area (TPSA) is 55.1 Å². The van der Waals surface area contributed by atoms with Crippen molar-refractivity contribution in [2.75, 3.05) is 6.54 Å². The Hall–Kier alpha value is -0.830. The van der Waals surface area contributed by atoms with E-state index >= 15 is 0 Å². The number of allylic oxidation sites excluding steroid dienone is 1. The van der Waals surface area contributed by atoms with E-state index in [-0.39, 0.29) is 11.9 Å². The van der Waals surface area contributed by atoms with Crippen molar-refractivity contribution in [3.05, 3.63) is 12.2 Å². The first-order valence-electron chi connectivity index (χ1n) is 4.80. The van der Waals surface area contributed by atoms with Crippen molar-refractivity contribution in [2.24, 2.45) is 5.73 Å². The summed E-state index contributed by atoms with van der Waals surface area (Å²) in [6, 6.07) is 0.112. The van der Waals surface area contributed by atoms with E-state index in [1.807, 2.05) is 26.0 Å². The van der Waals surface area contributed by atoms with Crippen LogP contribution < -0.4 is 11.1 Å². The summed E-state index contributed by atoms with van der Waals surface area (Å²) in [4.78, 5) is 11.1. The maximum atomic E-state index is 11.1. The molecule has 0 aliphatic carbocycles. The molecule has 1 unspecified atom stereocenters. The van der Waals surface area contributed by atoms with Crippen molar-refractivity contribution in [2.45, 2.75) is 39.2 Å². The van der Waals surface area contributed by atoms with Gasteiger partial charge in [0.25, 0.3) is 0 Å². The molecule has 0 heterocycles. The molecule has 1 amide bonds. The van der Waals surface area contributed by atoms with Crippen LogP contribution in [0.2, 0.25) is 0 Å². The van der Waals surface area contributed by atoms with Gasteiger partial charge in [-0.1, -0.05) is 12.2 Å². The molecule has 3 heteroatoms. The molecule has 0 saturated heterocycles. The molecule has 0 aromatic rings. The van der Waals surface area contributed by atoms with Crippen LogP contribution in [0.4, 0.5) is 0 Å². The fourth-order valence-electron chi connectivity index (χ4n) is 0.909. The molecule has 0 spiro atoms. The van der Waals surface area contributed by atoms with Crippen LogP contribution in [0, 0.1) is 0 Å². The number of rotatable bonds is 6. The molecule has 0 aromatic heterocycles. The summed E-state index contributed by atoms with van der Waals surface area (Å²) in [5.74, 6) is 0.0989. The van der Waals surface area contributed by atoms with Gasteiger partial charge in [0, 0.05) is 19.0 Å². The Labute approximate surface area is 80.4 Å². The van der Waals surface area contributed by atoms with Gasteiger partial charge in [0.2, 0.25) is 5.91 Å². The predicted octanol–water partition coefficient (Wildman–Crippen LogP) is 1.20. The van der Waals surface area contributed by atoms with Crippen LogP contribution in [0.5, 0.6) is 0 Å². The molecule has 3 N–H and O–H groups in total. The lowest BCUT2D eigenvalue weighted by atomic mass is 10.2. The Morgan fingerprint density at radius 1 is 1.62 bits per heavy atom. The van der Waals surface area contributed by atoms with Crippen LogP contribution in [0.15, 0.2) is 12.2 Å². The minimum Gasteiger partial charge on any atom is -0.356 e. The van der Waals surface area contributed by atoms with Gasteiger partial charge in [-0.2, -0.15) is 0 Å². The highest BCUT2D eigenvalue weighted by Gasteiger charge is 2.01. The summed E-state index contributed by atoms with van der Waals surface area (Å²) in [7, 11) is 0. The summed E-state index contributed by atoms with van der Waals surface area (Å²) >= 11 is 0. The van der Waals surface area contributed by atoms with Crippen molar-refractivity contribution in [1.82, 2.24) is 5.32 Å². The van der Waals surface area contributed by atoms with Crippen LogP contribution in [-0.4, -0.2) is 18.5 Å². The van der Waals surface area contributed by atoms with E-state index in [1.165, 1.54) is 0 Å². The van der Waals surface area contributed by atoms with Crippen molar-refractivity contribution < 1.29 is 4.79 Å². The van der Waals surface area contributed by atoms with Crippen molar-refractivity contribution >= 4 is 5.91 Å². The van der Waals surface area contributed by atoms with Gasteiger partial charge >= 0.3 is 0 Å². The van der Waals surface area contributed by atoms with E-state index in [1.54, 1.807) is 0 Å². The summed E-state index contributed by atoms with van der Waals surface area (Å²) < 4.78 is 0. The third-order valence-electron chi connectivity index (χ3n) is 1.70. The zero-order chi connectivity index (χ0) is 10.1. The molecule has 3 nitrogen and oxygen atoms in total. The van der Waals surface area contributed by atoms with E-state index in [0.717, 1.165) is 19.4 Å². The third kappa shape index (κ3) is 9.08. The second-order valence-corrected chi connectivity index (χ2v) is 3.22. The first-order chi connectivity index (χ1) is 6.16. The van der Waals surface area contributed by atoms with Crippen LogP contribution in [0.3, 0.4) is 0 Å². The molecule has 0 bridgehead atoms. The third-order valence-corrected chi connectivity index (χ3v) is 1.70. The normalized spacial score (nSPS) is 13.2. The highest BCUT2D eigenvalue weighted by atomic mass is 16.1. The van der Waals surface area contributed by atoms with Gasteiger partial charge in [-0.05, 0) is 26.7 Å². The molecule has 0 saturated carbocycles. The number of hydrogen-bond donors (Lipinski definition) is 2. The molecular weight excluding hydrogens is 164 g/mol. The van der Waals surface area contributed by atoms with E-state index in [0.29, 0.717) is 6.42 Å². The van der Waals surface area contributed by atoms with E-state index in [4.69, 9.17) is 5.73 Å². The van der Waals surface area contributed by atoms with Crippen molar-refractivity contribution in [3.63, 3.8) is 0 Å². The largest absolute Gasteiger partial charge is 0.356 e. The summed E-state index contributed by atoms with van der Waals surface area (Å²) in [5, 5.41) is 2.83. The Morgan fingerprint density at radius 2 is 2.31 bits per heavy atom. The average Bonchev–Trinajstić information content (AvgIpc) is 2.09. The van der Waals surface area contributed by atoms with E-state index in [9.17, 15) is 4.79 Å². The highest BCUT2D eigenvalue weighted by Crippen LogP contribution is 1.92. The Balaban J connectivity index is 3.30.